The monoisotopic (exact) mass is 272 g/mol. The highest BCUT2D eigenvalue weighted by Gasteiger charge is 2.26. The quantitative estimate of drug-likeness (QED) is 0.825. The highest BCUT2D eigenvalue weighted by atomic mass is 19.1. The van der Waals surface area contributed by atoms with E-state index in [1.165, 1.54) is 18.2 Å². The van der Waals surface area contributed by atoms with Crippen LogP contribution in [0.5, 0.6) is 0 Å². The van der Waals surface area contributed by atoms with Gasteiger partial charge in [0.05, 0.1) is 16.9 Å². The molecule has 1 heterocycles. The summed E-state index contributed by atoms with van der Waals surface area (Å²) in [5, 5.41) is 9.30. The van der Waals surface area contributed by atoms with Gasteiger partial charge in [0.15, 0.2) is 0 Å². The number of benzene rings is 2. The van der Waals surface area contributed by atoms with Crippen LogP contribution < -0.4 is 10.6 Å². The molecular formula is C15H13FN2O2. The van der Waals surface area contributed by atoms with Crippen LogP contribution in [0, 0.1) is 5.82 Å². The second-order valence-corrected chi connectivity index (χ2v) is 4.72. The molecule has 2 aromatic carbocycles. The van der Waals surface area contributed by atoms with Crippen molar-refractivity contribution in [2.75, 3.05) is 17.2 Å². The van der Waals surface area contributed by atoms with Crippen LogP contribution in [0.15, 0.2) is 36.4 Å². The van der Waals surface area contributed by atoms with Crippen molar-refractivity contribution in [3.8, 4) is 0 Å². The molecule has 0 saturated heterocycles. The summed E-state index contributed by atoms with van der Waals surface area (Å²) in [7, 11) is 0. The van der Waals surface area contributed by atoms with Gasteiger partial charge in [-0.25, -0.2) is 9.18 Å². The molecule has 0 amide bonds. The summed E-state index contributed by atoms with van der Waals surface area (Å²) in [4.78, 5) is 13.1. The van der Waals surface area contributed by atoms with Crippen molar-refractivity contribution < 1.29 is 14.3 Å². The van der Waals surface area contributed by atoms with Gasteiger partial charge in [-0.15, -0.1) is 0 Å². The minimum Gasteiger partial charge on any atom is -0.478 e. The third-order valence-corrected chi connectivity index (χ3v) is 3.51. The molecule has 3 rings (SSSR count). The molecule has 20 heavy (non-hydrogen) atoms. The Morgan fingerprint density at radius 3 is 2.85 bits per heavy atom. The largest absolute Gasteiger partial charge is 0.478 e. The van der Waals surface area contributed by atoms with Crippen molar-refractivity contribution >= 4 is 23.0 Å². The van der Waals surface area contributed by atoms with Crippen molar-refractivity contribution in [1.82, 2.24) is 0 Å². The van der Waals surface area contributed by atoms with E-state index in [0.29, 0.717) is 23.6 Å². The van der Waals surface area contributed by atoms with E-state index in [1.807, 2.05) is 0 Å². The number of halogens is 1. The lowest BCUT2D eigenvalue weighted by atomic mass is 10.1. The Hall–Kier alpha value is -2.56. The third-order valence-electron chi connectivity index (χ3n) is 3.51. The Kier molecular flexibility index (Phi) is 2.82. The summed E-state index contributed by atoms with van der Waals surface area (Å²) in [6.07, 6.45) is 0.739. The summed E-state index contributed by atoms with van der Waals surface area (Å²) in [5.41, 5.74) is 8.55. The maximum Gasteiger partial charge on any atom is 0.337 e. The van der Waals surface area contributed by atoms with Crippen molar-refractivity contribution in [3.05, 3.63) is 53.3 Å². The lowest BCUT2D eigenvalue weighted by Gasteiger charge is -2.23. The number of rotatable bonds is 2. The van der Waals surface area contributed by atoms with Gasteiger partial charge in [0.2, 0.25) is 0 Å². The predicted molar refractivity (Wildman–Crippen MR) is 74.9 cm³/mol. The predicted octanol–water partition coefficient (Wildman–Crippen LogP) is 2.80. The van der Waals surface area contributed by atoms with Crippen LogP contribution in [0.25, 0.3) is 0 Å². The van der Waals surface area contributed by atoms with Gasteiger partial charge in [-0.1, -0.05) is 12.1 Å². The molecule has 0 spiro atoms. The van der Waals surface area contributed by atoms with Crippen molar-refractivity contribution in [2.24, 2.45) is 0 Å². The Morgan fingerprint density at radius 2 is 2.10 bits per heavy atom. The number of nitrogens with zero attached hydrogens (tertiary/aromatic N) is 1. The van der Waals surface area contributed by atoms with E-state index in [-0.39, 0.29) is 11.4 Å². The Bertz CT molecular complexity index is 700. The van der Waals surface area contributed by atoms with Gasteiger partial charge >= 0.3 is 5.97 Å². The number of carbonyl (C=O) groups is 1. The van der Waals surface area contributed by atoms with Gasteiger partial charge in [-0.05, 0) is 36.2 Å². The highest BCUT2D eigenvalue weighted by molar-refractivity contribution is 5.99. The van der Waals surface area contributed by atoms with Crippen LogP contribution in [0.1, 0.15) is 15.9 Å². The molecule has 0 aliphatic carbocycles. The van der Waals surface area contributed by atoms with E-state index in [2.05, 4.69) is 0 Å². The molecule has 5 heteroatoms. The van der Waals surface area contributed by atoms with Crippen molar-refractivity contribution in [3.63, 3.8) is 0 Å². The molecule has 0 fully saturated rings. The zero-order valence-corrected chi connectivity index (χ0v) is 10.6. The van der Waals surface area contributed by atoms with Gasteiger partial charge in [-0.2, -0.15) is 0 Å². The van der Waals surface area contributed by atoms with Gasteiger partial charge < -0.3 is 15.7 Å². The smallest absolute Gasteiger partial charge is 0.337 e. The van der Waals surface area contributed by atoms with Crippen LogP contribution in [0.3, 0.4) is 0 Å². The molecule has 0 aromatic heterocycles. The molecule has 0 bridgehead atoms. The molecule has 0 radical (unpaired) electrons. The summed E-state index contributed by atoms with van der Waals surface area (Å²) in [5.74, 6) is -1.39. The normalized spacial score (nSPS) is 13.3. The van der Waals surface area contributed by atoms with Gasteiger partial charge in [0, 0.05) is 12.2 Å². The minimum absolute atomic E-state index is 0.127. The van der Waals surface area contributed by atoms with Crippen LogP contribution in [0.4, 0.5) is 21.5 Å². The Labute approximate surface area is 115 Å². The first kappa shape index (κ1) is 12.5. The van der Waals surface area contributed by atoms with E-state index in [4.69, 9.17) is 5.73 Å². The van der Waals surface area contributed by atoms with E-state index in [1.54, 1.807) is 23.1 Å². The number of nitrogens with two attached hydrogens (primary N) is 1. The first-order valence-corrected chi connectivity index (χ1v) is 6.25. The van der Waals surface area contributed by atoms with Crippen LogP contribution in [-0.2, 0) is 6.42 Å². The van der Waals surface area contributed by atoms with Gasteiger partial charge in [0.25, 0.3) is 0 Å². The number of hydrogen-bond acceptors (Lipinski definition) is 3. The molecule has 0 saturated carbocycles. The summed E-state index contributed by atoms with van der Waals surface area (Å²) >= 11 is 0. The Morgan fingerprint density at radius 1 is 1.30 bits per heavy atom. The van der Waals surface area contributed by atoms with Gasteiger partial charge in [0.1, 0.15) is 5.82 Å². The second kappa shape index (κ2) is 4.52. The van der Waals surface area contributed by atoms with Crippen molar-refractivity contribution in [2.45, 2.75) is 6.42 Å². The molecule has 102 valence electrons. The first-order chi connectivity index (χ1) is 9.58. The standard InChI is InChI=1S/C15H13FN2O2/c16-10-5-4-9-6-7-18(13(9)8-10)14-11(15(19)20)2-1-3-12(14)17/h1-5,8H,6-7,17H2,(H,19,20). The van der Waals surface area contributed by atoms with E-state index in [0.717, 1.165) is 12.0 Å². The molecular weight excluding hydrogens is 259 g/mol. The number of aromatic carboxylic acids is 1. The second-order valence-electron chi connectivity index (χ2n) is 4.72. The third kappa shape index (κ3) is 1.87. The Balaban J connectivity index is 2.18. The maximum absolute atomic E-state index is 13.4. The summed E-state index contributed by atoms with van der Waals surface area (Å²) in [6, 6.07) is 9.31. The van der Waals surface area contributed by atoms with Crippen LogP contribution in [-0.4, -0.2) is 17.6 Å². The van der Waals surface area contributed by atoms with E-state index >= 15 is 0 Å². The van der Waals surface area contributed by atoms with Crippen LogP contribution >= 0.6 is 0 Å². The topological polar surface area (TPSA) is 66.6 Å². The fourth-order valence-corrected chi connectivity index (χ4v) is 2.62. The molecule has 1 aliphatic heterocycles. The van der Waals surface area contributed by atoms with Gasteiger partial charge in [-0.3, -0.25) is 0 Å². The SMILES string of the molecule is Nc1cccc(C(=O)O)c1N1CCc2ccc(F)cc21. The first-order valence-electron chi connectivity index (χ1n) is 6.25. The summed E-state index contributed by atoms with van der Waals surface area (Å²) in [6.45, 7) is 0.591. The summed E-state index contributed by atoms with van der Waals surface area (Å²) < 4.78 is 13.4. The molecule has 4 nitrogen and oxygen atoms in total. The number of nitrogen functional groups attached to an aromatic ring is 1. The van der Waals surface area contributed by atoms with Crippen LogP contribution in [0.2, 0.25) is 0 Å². The molecule has 0 atom stereocenters. The number of carboxylic acids is 1. The average molecular weight is 272 g/mol. The zero-order valence-electron chi connectivity index (χ0n) is 10.6. The number of hydrogen-bond donors (Lipinski definition) is 2. The fourth-order valence-electron chi connectivity index (χ4n) is 2.62. The number of carboxylic acid groups (broad SMARTS) is 1. The fraction of sp³-hybridized carbons (Fsp3) is 0.133. The molecule has 0 unspecified atom stereocenters. The molecule has 2 aromatic rings. The van der Waals surface area contributed by atoms with Crippen molar-refractivity contribution in [1.29, 1.82) is 0 Å². The maximum atomic E-state index is 13.4. The molecule has 3 N–H and O–H groups in total. The lowest BCUT2D eigenvalue weighted by molar-refractivity contribution is 0.0697. The highest BCUT2D eigenvalue weighted by Crippen LogP contribution is 2.39. The average Bonchev–Trinajstić information content (AvgIpc) is 2.81. The van der Waals surface area contributed by atoms with E-state index < -0.39 is 5.97 Å². The number of fused-ring (bicyclic) bond motifs is 1. The lowest BCUT2D eigenvalue weighted by Crippen LogP contribution is -2.18. The minimum atomic E-state index is -1.04. The number of para-hydroxylation sites is 1. The number of anilines is 3. The molecule has 1 aliphatic rings. The zero-order chi connectivity index (χ0) is 14.3. The van der Waals surface area contributed by atoms with E-state index in [9.17, 15) is 14.3 Å².